The fourth-order valence-electron chi connectivity index (χ4n) is 1.84. The molecule has 0 bridgehead atoms. The highest BCUT2D eigenvalue weighted by Gasteiger charge is 2.25. The molecule has 0 saturated carbocycles. The van der Waals surface area contributed by atoms with Crippen LogP contribution in [0.3, 0.4) is 0 Å². The second-order valence-electron chi connectivity index (χ2n) is 4.28. The van der Waals surface area contributed by atoms with Crippen molar-refractivity contribution in [2.24, 2.45) is 14.1 Å². The predicted molar refractivity (Wildman–Crippen MR) is 72.7 cm³/mol. The monoisotopic (exact) mass is 308 g/mol. The number of hydrogen-bond donors (Lipinski definition) is 0. The van der Waals surface area contributed by atoms with Gasteiger partial charge in [0.25, 0.3) is 5.56 Å². The molecule has 2 heterocycles. The number of nitrogens with zero attached hydrogens (tertiary/aromatic N) is 4. The van der Waals surface area contributed by atoms with Crippen molar-refractivity contribution in [1.82, 2.24) is 19.1 Å². The molecule has 10 nitrogen and oxygen atoms in total. The number of fused-ring (bicyclic) bond motifs is 1. The lowest BCUT2D eigenvalue weighted by Crippen LogP contribution is -2.38. The van der Waals surface area contributed by atoms with E-state index in [9.17, 15) is 19.2 Å². The Kier molecular flexibility index (Phi) is 3.76. The van der Waals surface area contributed by atoms with Gasteiger partial charge in [-0.05, 0) is 0 Å². The molecule has 0 radical (unpaired) electrons. The Morgan fingerprint density at radius 3 is 1.91 bits per heavy atom. The Hall–Kier alpha value is -3.04. The van der Waals surface area contributed by atoms with E-state index >= 15 is 0 Å². The van der Waals surface area contributed by atoms with Crippen LogP contribution in [0, 0.1) is 0 Å². The topological polar surface area (TPSA) is 122 Å². The van der Waals surface area contributed by atoms with E-state index in [0.29, 0.717) is 0 Å². The van der Waals surface area contributed by atoms with Crippen molar-refractivity contribution in [3.05, 3.63) is 32.2 Å². The van der Waals surface area contributed by atoms with Crippen LogP contribution in [0.25, 0.3) is 11.2 Å². The number of ether oxygens (including phenoxy) is 2. The largest absolute Gasteiger partial charge is 0.464 e. The van der Waals surface area contributed by atoms with E-state index in [-0.39, 0.29) is 11.2 Å². The van der Waals surface area contributed by atoms with Gasteiger partial charge >= 0.3 is 17.6 Å². The van der Waals surface area contributed by atoms with Gasteiger partial charge in [-0.15, -0.1) is 0 Å². The van der Waals surface area contributed by atoms with Crippen LogP contribution in [0.5, 0.6) is 0 Å². The van der Waals surface area contributed by atoms with Crippen molar-refractivity contribution in [2.75, 3.05) is 14.2 Å². The smallest absolute Gasteiger partial charge is 0.359 e. The first kappa shape index (κ1) is 15.4. The second kappa shape index (κ2) is 5.39. The second-order valence-corrected chi connectivity index (χ2v) is 4.28. The average Bonchev–Trinajstić information content (AvgIpc) is 2.55. The van der Waals surface area contributed by atoms with Crippen molar-refractivity contribution >= 4 is 23.1 Å². The minimum Gasteiger partial charge on any atom is -0.464 e. The molecule has 0 aliphatic carbocycles. The van der Waals surface area contributed by atoms with Crippen LogP contribution >= 0.6 is 0 Å². The van der Waals surface area contributed by atoms with Gasteiger partial charge in [0.1, 0.15) is 0 Å². The molecular weight excluding hydrogens is 296 g/mol. The first-order chi connectivity index (χ1) is 10.3. The molecule has 0 unspecified atom stereocenters. The van der Waals surface area contributed by atoms with Gasteiger partial charge in [-0.25, -0.2) is 24.4 Å². The zero-order valence-corrected chi connectivity index (χ0v) is 12.2. The van der Waals surface area contributed by atoms with Gasteiger partial charge in [-0.2, -0.15) is 0 Å². The van der Waals surface area contributed by atoms with Crippen LogP contribution in [0.4, 0.5) is 0 Å². The number of carbonyl (C=O) groups excluding carboxylic acids is 2. The summed E-state index contributed by atoms with van der Waals surface area (Å²) in [4.78, 5) is 55.2. The lowest BCUT2D eigenvalue weighted by molar-refractivity contribution is 0.0545. The maximum Gasteiger partial charge on any atom is 0.359 e. The SMILES string of the molecule is COC(=O)c1nc2c(=O)n(C)c(=O)n(C)c2nc1C(=O)OC. The van der Waals surface area contributed by atoms with Gasteiger partial charge in [-0.3, -0.25) is 13.9 Å². The molecule has 2 rings (SSSR count). The highest BCUT2D eigenvalue weighted by atomic mass is 16.5. The van der Waals surface area contributed by atoms with E-state index in [4.69, 9.17) is 0 Å². The number of hydrogen-bond acceptors (Lipinski definition) is 8. The first-order valence-electron chi connectivity index (χ1n) is 5.97. The number of esters is 2. The van der Waals surface area contributed by atoms with Crippen molar-refractivity contribution in [2.45, 2.75) is 0 Å². The minimum absolute atomic E-state index is 0.138. The van der Waals surface area contributed by atoms with Crippen LogP contribution in [-0.4, -0.2) is 45.3 Å². The highest BCUT2D eigenvalue weighted by Crippen LogP contribution is 2.11. The molecule has 0 spiro atoms. The summed E-state index contributed by atoms with van der Waals surface area (Å²) in [6, 6.07) is 0. The van der Waals surface area contributed by atoms with Crippen LogP contribution in [0.2, 0.25) is 0 Å². The summed E-state index contributed by atoms with van der Waals surface area (Å²) in [6.07, 6.45) is 0. The Labute approximate surface area is 122 Å². The van der Waals surface area contributed by atoms with E-state index in [1.807, 2.05) is 0 Å². The maximum absolute atomic E-state index is 12.1. The number of aryl methyl sites for hydroxylation is 1. The normalized spacial score (nSPS) is 10.5. The van der Waals surface area contributed by atoms with Gasteiger partial charge in [0.05, 0.1) is 14.2 Å². The molecular formula is C12H12N4O6. The molecule has 0 fully saturated rings. The molecule has 0 aromatic carbocycles. The summed E-state index contributed by atoms with van der Waals surface area (Å²) >= 11 is 0. The number of aromatic nitrogens is 4. The van der Waals surface area contributed by atoms with Gasteiger partial charge in [0, 0.05) is 14.1 Å². The Bertz CT molecular complexity index is 910. The summed E-state index contributed by atoms with van der Waals surface area (Å²) in [5.41, 5.74) is -2.66. The van der Waals surface area contributed by atoms with Crippen molar-refractivity contribution in [1.29, 1.82) is 0 Å². The molecule has 10 heteroatoms. The molecule has 2 aromatic heterocycles. The molecule has 2 aromatic rings. The van der Waals surface area contributed by atoms with Crippen LogP contribution in [0.1, 0.15) is 21.0 Å². The molecule has 0 atom stereocenters. The first-order valence-corrected chi connectivity index (χ1v) is 5.97. The van der Waals surface area contributed by atoms with Crippen LogP contribution in [-0.2, 0) is 23.6 Å². The third-order valence-electron chi connectivity index (χ3n) is 3.03. The molecule has 0 amide bonds. The molecule has 0 aliphatic rings. The van der Waals surface area contributed by atoms with Crippen molar-refractivity contribution in [3.63, 3.8) is 0 Å². The van der Waals surface area contributed by atoms with Crippen molar-refractivity contribution < 1.29 is 19.1 Å². The van der Waals surface area contributed by atoms with E-state index < -0.39 is 34.6 Å². The fourth-order valence-corrected chi connectivity index (χ4v) is 1.84. The van der Waals surface area contributed by atoms with Crippen LogP contribution < -0.4 is 11.2 Å². The zero-order chi connectivity index (χ0) is 16.6. The predicted octanol–water partition coefficient (Wildman–Crippen LogP) is -1.40. The van der Waals surface area contributed by atoms with Gasteiger partial charge in [0.15, 0.2) is 22.6 Å². The van der Waals surface area contributed by atoms with Gasteiger partial charge in [0.2, 0.25) is 0 Å². The van der Waals surface area contributed by atoms with Gasteiger partial charge < -0.3 is 9.47 Å². The molecule has 0 saturated heterocycles. The quantitative estimate of drug-likeness (QED) is 0.621. The Morgan fingerprint density at radius 2 is 1.41 bits per heavy atom. The Balaban J connectivity index is 3.02. The maximum atomic E-state index is 12.1. The lowest BCUT2D eigenvalue weighted by atomic mass is 10.3. The lowest BCUT2D eigenvalue weighted by Gasteiger charge is -2.09. The summed E-state index contributed by atoms with van der Waals surface area (Å²) in [6.45, 7) is 0. The summed E-state index contributed by atoms with van der Waals surface area (Å²) in [5.74, 6) is -1.89. The highest BCUT2D eigenvalue weighted by molar-refractivity contribution is 6.01. The summed E-state index contributed by atoms with van der Waals surface area (Å²) < 4.78 is 10.9. The van der Waals surface area contributed by atoms with Gasteiger partial charge in [-0.1, -0.05) is 0 Å². The zero-order valence-electron chi connectivity index (χ0n) is 12.2. The molecule has 116 valence electrons. The molecule has 0 N–H and O–H groups in total. The average molecular weight is 308 g/mol. The molecule has 22 heavy (non-hydrogen) atoms. The van der Waals surface area contributed by atoms with E-state index in [0.717, 1.165) is 23.4 Å². The number of carbonyl (C=O) groups is 2. The summed E-state index contributed by atoms with van der Waals surface area (Å²) in [5, 5.41) is 0. The van der Waals surface area contributed by atoms with Crippen LogP contribution in [0.15, 0.2) is 9.59 Å². The number of rotatable bonds is 2. The summed E-state index contributed by atoms with van der Waals surface area (Å²) in [7, 11) is 4.81. The Morgan fingerprint density at radius 1 is 0.909 bits per heavy atom. The third kappa shape index (κ3) is 2.14. The molecule has 0 aliphatic heterocycles. The van der Waals surface area contributed by atoms with E-state index in [1.54, 1.807) is 0 Å². The standard InChI is InChI=1S/C12H12N4O6/c1-15-8-7(9(17)16(2)12(15)20)13-5(10(18)21-3)6(14-8)11(19)22-4/h1-4H3. The van der Waals surface area contributed by atoms with Crippen molar-refractivity contribution in [3.8, 4) is 0 Å². The third-order valence-corrected chi connectivity index (χ3v) is 3.03. The van der Waals surface area contributed by atoms with E-state index in [1.165, 1.54) is 14.1 Å². The fraction of sp³-hybridized carbons (Fsp3) is 0.333. The number of methoxy groups -OCH3 is 2. The minimum atomic E-state index is -0.953. The van der Waals surface area contributed by atoms with E-state index in [2.05, 4.69) is 19.4 Å².